The van der Waals surface area contributed by atoms with Gasteiger partial charge >= 0.3 is 0 Å². The Kier molecular flexibility index (Phi) is 6.96. The van der Waals surface area contributed by atoms with Gasteiger partial charge in [0.25, 0.3) is 5.91 Å². The Morgan fingerprint density at radius 1 is 0.893 bits per heavy atom. The highest BCUT2D eigenvalue weighted by Crippen LogP contribution is 2.29. The van der Waals surface area contributed by atoms with E-state index in [0.29, 0.717) is 5.75 Å². The number of benzene rings is 3. The molecule has 1 amide bonds. The molecule has 0 unspecified atom stereocenters. The van der Waals surface area contributed by atoms with Crippen molar-refractivity contribution in [3.8, 4) is 16.9 Å². The van der Waals surface area contributed by atoms with Crippen molar-refractivity contribution in [3.63, 3.8) is 0 Å². The molecule has 0 aromatic heterocycles. The zero-order chi connectivity index (χ0) is 19.6. The zero-order valence-corrected chi connectivity index (χ0v) is 16.0. The van der Waals surface area contributed by atoms with Gasteiger partial charge in [0.05, 0.1) is 5.71 Å². The standard InChI is InChI=1S/C24H24N2O2/c1-2-11-22(20-14-7-4-8-15-20)25-26-24(27)18-28-23-17-10-9-16-21(23)19-12-5-3-6-13-19/h3-10,12-17H,2,11,18H2,1H3,(H,26,27). The van der Waals surface area contributed by atoms with Gasteiger partial charge in [0, 0.05) is 5.56 Å². The fourth-order valence-electron chi connectivity index (χ4n) is 2.89. The summed E-state index contributed by atoms with van der Waals surface area (Å²) in [5, 5.41) is 4.31. The molecule has 4 heteroatoms. The third-order valence-corrected chi connectivity index (χ3v) is 4.24. The van der Waals surface area contributed by atoms with Crippen LogP contribution in [0.5, 0.6) is 5.75 Å². The van der Waals surface area contributed by atoms with Gasteiger partial charge in [-0.1, -0.05) is 92.2 Å². The van der Waals surface area contributed by atoms with Crippen molar-refractivity contribution in [1.29, 1.82) is 0 Å². The molecule has 0 bridgehead atoms. The van der Waals surface area contributed by atoms with Gasteiger partial charge in [-0.15, -0.1) is 0 Å². The minimum Gasteiger partial charge on any atom is -0.483 e. The van der Waals surface area contributed by atoms with E-state index >= 15 is 0 Å². The van der Waals surface area contributed by atoms with Gasteiger partial charge in [-0.3, -0.25) is 4.79 Å². The predicted molar refractivity (Wildman–Crippen MR) is 113 cm³/mol. The zero-order valence-electron chi connectivity index (χ0n) is 16.0. The van der Waals surface area contributed by atoms with Crippen molar-refractivity contribution < 1.29 is 9.53 Å². The first-order chi connectivity index (χ1) is 13.8. The first-order valence-corrected chi connectivity index (χ1v) is 9.46. The first kappa shape index (κ1) is 19.4. The lowest BCUT2D eigenvalue weighted by Crippen LogP contribution is -2.26. The van der Waals surface area contributed by atoms with E-state index in [1.165, 1.54) is 0 Å². The molecule has 4 nitrogen and oxygen atoms in total. The highest BCUT2D eigenvalue weighted by Gasteiger charge is 2.09. The van der Waals surface area contributed by atoms with Crippen LogP contribution in [0, 0.1) is 0 Å². The van der Waals surface area contributed by atoms with Crippen molar-refractivity contribution >= 4 is 11.6 Å². The second-order valence-electron chi connectivity index (χ2n) is 6.36. The quantitative estimate of drug-likeness (QED) is 0.444. The van der Waals surface area contributed by atoms with Crippen LogP contribution in [-0.4, -0.2) is 18.2 Å². The monoisotopic (exact) mass is 372 g/mol. The lowest BCUT2D eigenvalue weighted by Gasteiger charge is -2.11. The van der Waals surface area contributed by atoms with Gasteiger partial charge in [0.1, 0.15) is 5.75 Å². The Morgan fingerprint density at radius 2 is 1.54 bits per heavy atom. The molecule has 0 saturated heterocycles. The second-order valence-corrected chi connectivity index (χ2v) is 6.36. The molecule has 0 aliphatic heterocycles. The molecule has 0 radical (unpaired) electrons. The molecule has 0 spiro atoms. The average Bonchev–Trinajstić information content (AvgIpc) is 2.76. The smallest absolute Gasteiger partial charge is 0.277 e. The Bertz CT molecular complexity index is 922. The van der Waals surface area contributed by atoms with Crippen LogP contribution >= 0.6 is 0 Å². The van der Waals surface area contributed by atoms with Crippen molar-refractivity contribution in [2.24, 2.45) is 5.10 Å². The third kappa shape index (κ3) is 5.30. The Balaban J connectivity index is 1.65. The van der Waals surface area contributed by atoms with Crippen LogP contribution in [0.15, 0.2) is 90.0 Å². The lowest BCUT2D eigenvalue weighted by molar-refractivity contribution is -0.123. The molecule has 3 aromatic carbocycles. The molecule has 142 valence electrons. The van der Waals surface area contributed by atoms with Crippen molar-refractivity contribution in [3.05, 3.63) is 90.5 Å². The van der Waals surface area contributed by atoms with Gasteiger partial charge in [-0.25, -0.2) is 5.43 Å². The summed E-state index contributed by atoms with van der Waals surface area (Å²) in [6.07, 6.45) is 1.74. The molecule has 3 rings (SSSR count). The van der Waals surface area contributed by atoms with Crippen LogP contribution in [0.4, 0.5) is 0 Å². The first-order valence-electron chi connectivity index (χ1n) is 9.46. The fourth-order valence-corrected chi connectivity index (χ4v) is 2.89. The van der Waals surface area contributed by atoms with Crippen molar-refractivity contribution in [2.45, 2.75) is 19.8 Å². The molecule has 0 fully saturated rings. The van der Waals surface area contributed by atoms with Gasteiger partial charge in [-0.2, -0.15) is 5.10 Å². The minimum absolute atomic E-state index is 0.0957. The summed E-state index contributed by atoms with van der Waals surface area (Å²) in [6, 6.07) is 27.5. The Hall–Kier alpha value is -3.40. The number of ether oxygens (including phenoxy) is 1. The van der Waals surface area contributed by atoms with Gasteiger partial charge in [0.2, 0.25) is 0 Å². The van der Waals surface area contributed by atoms with E-state index in [9.17, 15) is 4.79 Å². The molecule has 0 aliphatic carbocycles. The third-order valence-electron chi connectivity index (χ3n) is 4.24. The Labute approximate surface area is 165 Å². The summed E-state index contributed by atoms with van der Waals surface area (Å²) < 4.78 is 5.77. The molecular formula is C24H24N2O2. The Morgan fingerprint density at radius 3 is 2.25 bits per heavy atom. The summed E-state index contributed by atoms with van der Waals surface area (Å²) in [7, 11) is 0. The number of rotatable bonds is 8. The van der Waals surface area contributed by atoms with Crippen molar-refractivity contribution in [1.82, 2.24) is 5.43 Å². The van der Waals surface area contributed by atoms with Gasteiger partial charge < -0.3 is 4.74 Å². The number of amides is 1. The van der Waals surface area contributed by atoms with E-state index in [1.54, 1.807) is 0 Å². The highest BCUT2D eigenvalue weighted by atomic mass is 16.5. The lowest BCUT2D eigenvalue weighted by atomic mass is 10.1. The number of hydrogen-bond donors (Lipinski definition) is 1. The van der Waals surface area contributed by atoms with E-state index in [1.807, 2.05) is 84.9 Å². The van der Waals surface area contributed by atoms with Crippen LogP contribution in [0.1, 0.15) is 25.3 Å². The normalized spacial score (nSPS) is 11.1. The number of carbonyl (C=O) groups is 1. The number of hydrazone groups is 1. The maximum Gasteiger partial charge on any atom is 0.277 e. The maximum absolute atomic E-state index is 12.3. The van der Waals surface area contributed by atoms with Gasteiger partial charge in [-0.05, 0) is 23.6 Å². The largest absolute Gasteiger partial charge is 0.483 e. The van der Waals surface area contributed by atoms with Crippen LogP contribution in [0.25, 0.3) is 11.1 Å². The fraction of sp³-hybridized carbons (Fsp3) is 0.167. The van der Waals surface area contributed by atoms with Crippen molar-refractivity contribution in [2.75, 3.05) is 6.61 Å². The summed E-state index contributed by atoms with van der Waals surface area (Å²) in [5.74, 6) is 0.386. The number of hydrogen-bond acceptors (Lipinski definition) is 3. The topological polar surface area (TPSA) is 50.7 Å². The van der Waals surface area contributed by atoms with Crippen LogP contribution in [0.2, 0.25) is 0 Å². The highest BCUT2D eigenvalue weighted by molar-refractivity contribution is 6.01. The summed E-state index contributed by atoms with van der Waals surface area (Å²) in [4.78, 5) is 12.3. The molecule has 28 heavy (non-hydrogen) atoms. The summed E-state index contributed by atoms with van der Waals surface area (Å²) in [5.41, 5.74) is 6.50. The SMILES string of the molecule is CCCC(=NNC(=O)COc1ccccc1-c1ccccc1)c1ccccc1. The predicted octanol–water partition coefficient (Wildman–Crippen LogP) is 5.05. The molecule has 3 aromatic rings. The van der Waals surface area contributed by atoms with Crippen LogP contribution in [-0.2, 0) is 4.79 Å². The molecule has 0 atom stereocenters. The van der Waals surface area contributed by atoms with Gasteiger partial charge in [0.15, 0.2) is 6.61 Å². The number of para-hydroxylation sites is 1. The summed E-state index contributed by atoms with van der Waals surface area (Å²) in [6.45, 7) is 1.99. The number of nitrogens with zero attached hydrogens (tertiary/aromatic N) is 1. The summed E-state index contributed by atoms with van der Waals surface area (Å²) >= 11 is 0. The van der Waals surface area contributed by atoms with E-state index in [-0.39, 0.29) is 12.5 Å². The van der Waals surface area contributed by atoms with Crippen LogP contribution in [0.3, 0.4) is 0 Å². The van der Waals surface area contributed by atoms with E-state index in [0.717, 1.165) is 35.2 Å². The van der Waals surface area contributed by atoms with E-state index < -0.39 is 0 Å². The molecule has 1 N–H and O–H groups in total. The maximum atomic E-state index is 12.3. The molecule has 0 heterocycles. The van der Waals surface area contributed by atoms with E-state index in [4.69, 9.17) is 4.74 Å². The molecule has 0 aliphatic rings. The van der Waals surface area contributed by atoms with E-state index in [2.05, 4.69) is 17.5 Å². The second kappa shape index (κ2) is 10.1. The number of nitrogens with one attached hydrogen (secondary N) is 1. The molecular weight excluding hydrogens is 348 g/mol. The molecule has 0 saturated carbocycles. The number of carbonyl (C=O) groups excluding carboxylic acids is 1. The van der Waals surface area contributed by atoms with Crippen LogP contribution < -0.4 is 10.2 Å². The minimum atomic E-state index is -0.285. The average molecular weight is 372 g/mol.